The zero-order chi connectivity index (χ0) is 27.7. The second kappa shape index (κ2) is 9.04. The molecule has 0 aliphatic heterocycles. The number of carbonyl (C=O) groups excluding carboxylic acids is 3. The zero-order valence-electron chi connectivity index (χ0n) is 20.8. The van der Waals surface area contributed by atoms with Gasteiger partial charge < -0.3 is 0 Å². The number of rotatable bonds is 3. The van der Waals surface area contributed by atoms with E-state index in [2.05, 4.69) is 0 Å². The van der Waals surface area contributed by atoms with Crippen molar-refractivity contribution >= 4 is 101 Å². The number of aryl methyl sites for hydroxylation is 1. The molecule has 3 heterocycles. The minimum Gasteiger partial charge on any atom is -0.295 e. The van der Waals surface area contributed by atoms with Gasteiger partial charge in [-0.25, -0.2) is 29.9 Å². The van der Waals surface area contributed by atoms with Gasteiger partial charge in [0.15, 0.2) is 5.78 Å². The molecule has 0 N–H and O–H groups in total. The Bertz CT molecular complexity index is 2180. The molecular weight excluding hydrogens is 551 g/mol. The highest BCUT2D eigenvalue weighted by Gasteiger charge is 2.23. The molecule has 0 bridgehead atoms. The van der Waals surface area contributed by atoms with Crippen molar-refractivity contribution in [1.29, 1.82) is 0 Å². The Hall–Kier alpha value is -4.47. The topological polar surface area (TPSA) is 129 Å². The number of ketones is 1. The maximum Gasteiger partial charge on any atom is 0.252 e. The van der Waals surface area contributed by atoms with Crippen LogP contribution in [-0.4, -0.2) is 46.2 Å². The van der Waals surface area contributed by atoms with Gasteiger partial charge in [-0.3, -0.25) is 14.4 Å². The molecule has 194 valence electrons. The number of Topliss-reactive ketones (excluding diaryl/α,β-unsaturated/α-hetero) is 1. The molecule has 7 rings (SSSR count). The van der Waals surface area contributed by atoms with E-state index in [0.29, 0.717) is 90.5 Å². The number of hydrogen-bond donors (Lipinski definition) is 0. The van der Waals surface area contributed by atoms with Gasteiger partial charge in [-0.1, -0.05) is 6.08 Å². The van der Waals surface area contributed by atoms with Crippen LogP contribution in [0, 0.1) is 5.92 Å². The summed E-state index contributed by atoms with van der Waals surface area (Å²) in [4.78, 5) is 65.1. The lowest BCUT2D eigenvalue weighted by Crippen LogP contribution is -2.06. The summed E-state index contributed by atoms with van der Waals surface area (Å²) in [5, 5.41) is -1.04. The number of hydrogen-bond acceptors (Lipinski definition) is 9. The van der Waals surface area contributed by atoms with Gasteiger partial charge in [-0.2, -0.15) is 0 Å². The molecule has 1 aliphatic carbocycles. The lowest BCUT2D eigenvalue weighted by Gasteiger charge is -2.12. The molecule has 0 spiro atoms. The van der Waals surface area contributed by atoms with E-state index in [4.69, 9.17) is 53.1 Å². The molecule has 40 heavy (non-hydrogen) atoms. The monoisotopic (exact) mass is 566 g/mol. The van der Waals surface area contributed by atoms with Gasteiger partial charge in [0.25, 0.3) is 5.24 Å². The molecule has 0 amide bonds. The smallest absolute Gasteiger partial charge is 0.252 e. The third-order valence-corrected chi connectivity index (χ3v) is 7.60. The fourth-order valence-corrected chi connectivity index (χ4v) is 5.33. The highest BCUT2D eigenvalue weighted by molar-refractivity contribution is 6.67. The van der Waals surface area contributed by atoms with Crippen molar-refractivity contribution in [3.05, 3.63) is 65.0 Å². The molecular formula is C29H16Cl2N6O3. The van der Waals surface area contributed by atoms with Crippen molar-refractivity contribution in [3.63, 3.8) is 0 Å². The highest BCUT2D eigenvalue weighted by Crippen LogP contribution is 2.34. The van der Waals surface area contributed by atoms with Gasteiger partial charge in [-0.05, 0) is 85.4 Å². The minimum atomic E-state index is -0.604. The highest BCUT2D eigenvalue weighted by atomic mass is 35.5. The average molecular weight is 567 g/mol. The Morgan fingerprint density at radius 2 is 1.23 bits per heavy atom. The summed E-state index contributed by atoms with van der Waals surface area (Å²) < 4.78 is 0. The predicted octanol–water partition coefficient (Wildman–Crippen LogP) is 5.75. The first kappa shape index (κ1) is 24.6. The number of aromatic nitrogens is 6. The Morgan fingerprint density at radius 3 is 1.80 bits per heavy atom. The van der Waals surface area contributed by atoms with Crippen LogP contribution in [0.2, 0.25) is 0 Å². The van der Waals surface area contributed by atoms with Crippen LogP contribution in [0.15, 0.2) is 42.5 Å². The Balaban J connectivity index is 1.63. The van der Waals surface area contributed by atoms with E-state index in [1.807, 2.05) is 0 Å². The molecule has 11 heteroatoms. The van der Waals surface area contributed by atoms with Crippen molar-refractivity contribution in [1.82, 2.24) is 29.9 Å². The average Bonchev–Trinajstić information content (AvgIpc) is 3.16. The molecule has 3 aromatic heterocycles. The van der Waals surface area contributed by atoms with Crippen molar-refractivity contribution < 1.29 is 14.4 Å². The van der Waals surface area contributed by atoms with E-state index < -0.39 is 16.4 Å². The van der Waals surface area contributed by atoms with Gasteiger partial charge in [-0.15, -0.1) is 0 Å². The first-order valence-electron chi connectivity index (χ1n) is 12.4. The molecule has 1 unspecified atom stereocenters. The van der Waals surface area contributed by atoms with Crippen LogP contribution < -0.4 is 0 Å². The fraction of sp³-hybridized carbons (Fsp3) is 0.138. The van der Waals surface area contributed by atoms with Crippen molar-refractivity contribution in [3.8, 4) is 0 Å². The first-order chi connectivity index (χ1) is 19.3. The number of allylic oxidation sites excluding steroid dienone is 1. The molecule has 3 aromatic carbocycles. The number of benzene rings is 3. The summed E-state index contributed by atoms with van der Waals surface area (Å²) in [5.41, 5.74) is 6.93. The lowest BCUT2D eigenvalue weighted by atomic mass is 10.1. The third-order valence-electron chi connectivity index (χ3n) is 7.10. The van der Waals surface area contributed by atoms with Crippen molar-refractivity contribution in [2.45, 2.75) is 19.8 Å². The SMILES string of the molecule is CC(=O)c1ccc2nc3c(nc2c1)c1nc2c(nc1c1nc4cc(C(=O)Cl)ccc4nc13)C=CC(C(=O)Cl)CC2. The van der Waals surface area contributed by atoms with E-state index in [9.17, 15) is 14.4 Å². The summed E-state index contributed by atoms with van der Waals surface area (Å²) in [7, 11) is 0. The second-order valence-electron chi connectivity index (χ2n) is 9.64. The quantitative estimate of drug-likeness (QED) is 0.114. The van der Waals surface area contributed by atoms with E-state index >= 15 is 0 Å². The van der Waals surface area contributed by atoms with Crippen LogP contribution in [0.4, 0.5) is 0 Å². The number of carbonyl (C=O) groups is 3. The standard InChI is InChI=1S/C29H16Cl2N6O3/c1-12(38)14-4-8-18-20(10-14)36-26-22-23(33-17-7-3-13(28(30)39)2-6-16(17)32-22)27-25(24(26)34-18)35-19-9-5-15(29(31)40)11-21(19)37-27/h3-5,7-11,13H,2,6H2,1H3. The van der Waals surface area contributed by atoms with Crippen LogP contribution in [-0.2, 0) is 11.2 Å². The van der Waals surface area contributed by atoms with Gasteiger partial charge in [0.05, 0.1) is 39.4 Å². The first-order valence-corrected chi connectivity index (χ1v) is 13.2. The summed E-state index contributed by atoms with van der Waals surface area (Å²) in [6.45, 7) is 1.50. The lowest BCUT2D eigenvalue weighted by molar-refractivity contribution is -0.114. The normalized spacial score (nSPS) is 15.1. The molecule has 1 atom stereocenters. The van der Waals surface area contributed by atoms with E-state index in [1.165, 1.54) is 6.92 Å². The molecule has 0 saturated carbocycles. The number of fused-ring (bicyclic) bond motifs is 9. The third kappa shape index (κ3) is 3.89. The summed E-state index contributed by atoms with van der Waals surface area (Å²) in [6, 6.07) is 10.0. The Morgan fingerprint density at radius 1 is 0.700 bits per heavy atom. The predicted molar refractivity (Wildman–Crippen MR) is 153 cm³/mol. The minimum absolute atomic E-state index is 0.0837. The molecule has 9 nitrogen and oxygen atoms in total. The van der Waals surface area contributed by atoms with Crippen LogP contribution in [0.25, 0.3) is 61.2 Å². The van der Waals surface area contributed by atoms with E-state index in [-0.39, 0.29) is 5.78 Å². The Kier molecular flexibility index (Phi) is 5.55. The van der Waals surface area contributed by atoms with Crippen molar-refractivity contribution in [2.24, 2.45) is 5.92 Å². The van der Waals surface area contributed by atoms with Gasteiger partial charge in [0, 0.05) is 11.1 Å². The number of nitrogens with zero attached hydrogens (tertiary/aromatic N) is 6. The molecule has 0 fully saturated rings. The Labute approximate surface area is 235 Å². The number of halogens is 2. The second-order valence-corrected chi connectivity index (χ2v) is 10.4. The fourth-order valence-electron chi connectivity index (χ4n) is 5.03. The summed E-state index contributed by atoms with van der Waals surface area (Å²) in [5.74, 6) is -0.530. The van der Waals surface area contributed by atoms with Crippen LogP contribution in [0.1, 0.15) is 45.4 Å². The van der Waals surface area contributed by atoms with E-state index in [1.54, 1.807) is 48.6 Å². The van der Waals surface area contributed by atoms with Gasteiger partial charge >= 0.3 is 0 Å². The zero-order valence-corrected chi connectivity index (χ0v) is 22.3. The van der Waals surface area contributed by atoms with E-state index in [0.717, 1.165) is 0 Å². The summed E-state index contributed by atoms with van der Waals surface area (Å²) in [6.07, 6.45) is 4.46. The van der Waals surface area contributed by atoms with Gasteiger partial charge in [0.2, 0.25) is 5.24 Å². The molecule has 0 radical (unpaired) electrons. The van der Waals surface area contributed by atoms with Crippen molar-refractivity contribution in [2.75, 3.05) is 0 Å². The maximum atomic E-state index is 12.0. The largest absolute Gasteiger partial charge is 0.295 e. The van der Waals surface area contributed by atoms with Gasteiger partial charge in [0.1, 0.15) is 33.1 Å². The van der Waals surface area contributed by atoms with Crippen LogP contribution in [0.3, 0.4) is 0 Å². The maximum absolute atomic E-state index is 12.0. The summed E-state index contributed by atoms with van der Waals surface area (Å²) >= 11 is 11.5. The molecule has 1 aliphatic rings. The van der Waals surface area contributed by atoms with Crippen LogP contribution >= 0.6 is 23.2 Å². The molecule has 0 saturated heterocycles. The molecule has 6 aromatic rings. The van der Waals surface area contributed by atoms with Crippen LogP contribution in [0.5, 0.6) is 0 Å².